The van der Waals surface area contributed by atoms with Crippen molar-refractivity contribution in [2.45, 2.75) is 37.8 Å². The Labute approximate surface area is 234 Å². The number of hydrazine groups is 1. The highest BCUT2D eigenvalue weighted by Crippen LogP contribution is 2.49. The molecule has 0 bridgehead atoms. The number of fused-ring (bicyclic) bond motifs is 3. The van der Waals surface area contributed by atoms with Crippen LogP contribution in [0.25, 0.3) is 0 Å². The van der Waals surface area contributed by atoms with Gasteiger partial charge < -0.3 is 24.8 Å². The molecule has 0 saturated carbocycles. The van der Waals surface area contributed by atoms with Crippen molar-refractivity contribution in [2.75, 3.05) is 71.9 Å². The number of nitrogens with zero attached hydrogens (tertiary/aromatic N) is 6. The molecule has 1 atom stereocenters. The van der Waals surface area contributed by atoms with Crippen LogP contribution in [-0.4, -0.2) is 110 Å². The Kier molecular flexibility index (Phi) is 7.56. The topological polar surface area (TPSA) is 122 Å². The molecule has 5 aliphatic rings. The van der Waals surface area contributed by atoms with Crippen LogP contribution >= 0.6 is 0 Å². The van der Waals surface area contributed by atoms with Crippen LogP contribution in [0.15, 0.2) is 39.7 Å². The first-order valence-corrected chi connectivity index (χ1v) is 14.3. The molecule has 1 aromatic rings. The number of allylic oxidation sites excluding steroid dienone is 1. The number of piperidine rings is 2. The third kappa shape index (κ3) is 5.11. The van der Waals surface area contributed by atoms with Crippen LogP contribution in [0.2, 0.25) is 0 Å². The third-order valence-electron chi connectivity index (χ3n) is 8.83. The third-order valence-corrected chi connectivity index (χ3v) is 8.83. The van der Waals surface area contributed by atoms with E-state index in [0.29, 0.717) is 62.3 Å². The Bertz CT molecular complexity index is 1220. The number of carbonyl (C=O) groups is 3. The molecule has 0 radical (unpaired) electrons. The summed E-state index contributed by atoms with van der Waals surface area (Å²) < 4.78 is 5.33. The summed E-state index contributed by atoms with van der Waals surface area (Å²) in [5.41, 5.74) is 5.93. The lowest BCUT2D eigenvalue weighted by Gasteiger charge is -2.39. The number of hydrogen-bond donors (Lipinski definition) is 2. The van der Waals surface area contributed by atoms with E-state index in [1.54, 1.807) is 11.1 Å². The van der Waals surface area contributed by atoms with E-state index in [4.69, 9.17) is 4.74 Å². The molecule has 40 heavy (non-hydrogen) atoms. The Morgan fingerprint density at radius 3 is 2.33 bits per heavy atom. The molecule has 0 spiro atoms. The van der Waals surface area contributed by atoms with E-state index in [0.717, 1.165) is 50.0 Å². The van der Waals surface area contributed by atoms with Crippen LogP contribution < -0.4 is 10.7 Å². The minimum absolute atomic E-state index is 0.0755. The Hall–Kier alpha value is -3.35. The quantitative estimate of drug-likeness (QED) is 0.595. The second kappa shape index (κ2) is 11.3. The second-order valence-corrected chi connectivity index (χ2v) is 11.4. The molecule has 214 valence electrons. The zero-order chi connectivity index (χ0) is 27.8. The number of urea groups is 2. The molecular weight excluding hydrogens is 512 g/mol. The average molecular weight is 551 g/mol. The van der Waals surface area contributed by atoms with Gasteiger partial charge in [0, 0.05) is 51.2 Å². The molecule has 0 aromatic heterocycles. The Morgan fingerprint density at radius 2 is 1.65 bits per heavy atom. The predicted octanol–water partition coefficient (Wildman–Crippen LogP) is 2.87. The lowest BCUT2D eigenvalue weighted by Crippen LogP contribution is -2.51. The summed E-state index contributed by atoms with van der Waals surface area (Å²) in [6.45, 7) is 5.21. The maximum absolute atomic E-state index is 13.7. The van der Waals surface area contributed by atoms with E-state index >= 15 is 0 Å². The Balaban J connectivity index is 1.10. The highest BCUT2D eigenvalue weighted by Gasteiger charge is 2.44. The minimum Gasteiger partial charge on any atom is -0.379 e. The molecule has 3 fully saturated rings. The van der Waals surface area contributed by atoms with Gasteiger partial charge in [0.25, 0.3) is 0 Å². The number of ketones is 1. The van der Waals surface area contributed by atoms with Gasteiger partial charge in [0.05, 0.1) is 35.7 Å². The van der Waals surface area contributed by atoms with E-state index in [9.17, 15) is 14.4 Å². The summed E-state index contributed by atoms with van der Waals surface area (Å²) in [7, 11) is 4.20. The average Bonchev–Trinajstić information content (AvgIpc) is 3.53. The summed E-state index contributed by atoms with van der Waals surface area (Å²) in [6.07, 6.45) is 3.51. The fraction of sp³-hybridized carbons (Fsp3) is 0.607. The molecule has 1 aliphatic carbocycles. The van der Waals surface area contributed by atoms with Crippen molar-refractivity contribution >= 4 is 23.5 Å². The molecule has 4 amide bonds. The van der Waals surface area contributed by atoms with Gasteiger partial charge in [-0.3, -0.25) is 10.2 Å². The monoisotopic (exact) mass is 550 g/mol. The van der Waals surface area contributed by atoms with E-state index in [-0.39, 0.29) is 23.8 Å². The van der Waals surface area contributed by atoms with Gasteiger partial charge in [-0.25, -0.2) is 14.6 Å². The molecule has 12 heteroatoms. The van der Waals surface area contributed by atoms with E-state index in [1.165, 1.54) is 0 Å². The van der Waals surface area contributed by atoms with Crippen molar-refractivity contribution in [1.29, 1.82) is 0 Å². The summed E-state index contributed by atoms with van der Waals surface area (Å²) >= 11 is 0. The smallest absolute Gasteiger partial charge is 0.333 e. The Morgan fingerprint density at radius 1 is 0.975 bits per heavy atom. The first-order chi connectivity index (χ1) is 19.4. The molecule has 6 rings (SSSR count). The van der Waals surface area contributed by atoms with E-state index in [2.05, 4.69) is 40.0 Å². The summed E-state index contributed by atoms with van der Waals surface area (Å²) in [4.78, 5) is 45.8. The minimum atomic E-state index is -0.431. The normalized spacial score (nSPS) is 24.1. The SMILES string of the molecule is CN(C)C1CCN(C(=O)N2CCC(C3=C4C(=O)c5c(NC(=O)NN6CCOCC6)cccc5C4N=N3)CC2)CC1. The highest BCUT2D eigenvalue weighted by molar-refractivity contribution is 6.19. The van der Waals surface area contributed by atoms with Crippen molar-refractivity contribution in [3.8, 4) is 0 Å². The number of carbonyl (C=O) groups excluding carboxylic acids is 3. The molecule has 1 unspecified atom stereocenters. The van der Waals surface area contributed by atoms with Crippen LogP contribution in [0.5, 0.6) is 0 Å². The fourth-order valence-corrected chi connectivity index (χ4v) is 6.51. The number of morpholine rings is 1. The van der Waals surface area contributed by atoms with Crippen molar-refractivity contribution in [3.05, 3.63) is 40.6 Å². The van der Waals surface area contributed by atoms with Gasteiger partial charge in [-0.05, 0) is 51.4 Å². The summed E-state index contributed by atoms with van der Waals surface area (Å²) in [5.74, 6) is -0.0453. The zero-order valence-electron chi connectivity index (χ0n) is 23.3. The molecule has 4 heterocycles. The number of anilines is 1. The first-order valence-electron chi connectivity index (χ1n) is 14.3. The van der Waals surface area contributed by atoms with Crippen LogP contribution in [0.3, 0.4) is 0 Å². The maximum Gasteiger partial charge on any atom is 0.333 e. The van der Waals surface area contributed by atoms with E-state index < -0.39 is 6.04 Å². The van der Waals surface area contributed by atoms with Crippen molar-refractivity contribution in [1.82, 2.24) is 25.1 Å². The second-order valence-electron chi connectivity index (χ2n) is 11.4. The molecule has 3 saturated heterocycles. The number of ether oxygens (including phenoxy) is 1. The number of amides is 4. The number of benzene rings is 1. The summed E-state index contributed by atoms with van der Waals surface area (Å²) in [6, 6.07) is 5.30. The van der Waals surface area contributed by atoms with Gasteiger partial charge in [0.2, 0.25) is 0 Å². The lowest BCUT2D eigenvalue weighted by atomic mass is 9.89. The van der Waals surface area contributed by atoms with Gasteiger partial charge in [-0.1, -0.05) is 12.1 Å². The van der Waals surface area contributed by atoms with Crippen LogP contribution in [0.1, 0.15) is 47.6 Å². The van der Waals surface area contributed by atoms with E-state index in [1.807, 2.05) is 21.9 Å². The van der Waals surface area contributed by atoms with Crippen molar-refractivity contribution in [2.24, 2.45) is 16.1 Å². The highest BCUT2D eigenvalue weighted by atomic mass is 16.5. The van der Waals surface area contributed by atoms with Gasteiger partial charge in [0.1, 0.15) is 6.04 Å². The van der Waals surface area contributed by atoms with Gasteiger partial charge in [-0.15, -0.1) is 0 Å². The van der Waals surface area contributed by atoms with Gasteiger partial charge in [-0.2, -0.15) is 10.2 Å². The first kappa shape index (κ1) is 26.9. The summed E-state index contributed by atoms with van der Waals surface area (Å²) in [5, 5.41) is 13.7. The number of nitrogens with one attached hydrogen (secondary N) is 2. The van der Waals surface area contributed by atoms with Crippen LogP contribution in [0, 0.1) is 5.92 Å². The van der Waals surface area contributed by atoms with Gasteiger partial charge in [0.15, 0.2) is 5.78 Å². The standard InChI is InChI=1S/C28H38N8O4/c1-33(2)19-8-12-35(13-9-19)28(39)34-10-6-18(7-11-34)24-23-25(31-30-24)20-4-3-5-21(22(20)26(23)37)29-27(38)32-36-14-16-40-17-15-36/h3-5,18-19,25H,6-17H2,1-2H3,(H2,29,32,38). The number of likely N-dealkylation sites (tertiary alicyclic amines) is 2. The molecular formula is C28H38N8O4. The number of rotatable bonds is 4. The fourth-order valence-electron chi connectivity index (χ4n) is 6.51. The number of Topliss-reactive ketones (excluding diaryl/α,β-unsaturated/α-hetero) is 1. The largest absolute Gasteiger partial charge is 0.379 e. The molecule has 12 nitrogen and oxygen atoms in total. The zero-order valence-corrected chi connectivity index (χ0v) is 23.3. The molecule has 1 aromatic carbocycles. The number of hydrogen-bond acceptors (Lipinski definition) is 8. The van der Waals surface area contributed by atoms with Crippen molar-refractivity contribution < 1.29 is 19.1 Å². The lowest BCUT2D eigenvalue weighted by molar-refractivity contribution is 0.0207. The van der Waals surface area contributed by atoms with Crippen molar-refractivity contribution in [3.63, 3.8) is 0 Å². The van der Waals surface area contributed by atoms with Crippen LogP contribution in [-0.2, 0) is 4.74 Å². The molecule has 4 aliphatic heterocycles. The molecule has 2 N–H and O–H groups in total. The van der Waals surface area contributed by atoms with Crippen LogP contribution in [0.4, 0.5) is 15.3 Å². The number of azo groups is 1. The van der Waals surface area contributed by atoms with Gasteiger partial charge >= 0.3 is 12.1 Å². The predicted molar refractivity (Wildman–Crippen MR) is 148 cm³/mol. The maximum atomic E-state index is 13.7.